The number of hydrogen-bond donors (Lipinski definition) is 0. The van der Waals surface area contributed by atoms with E-state index < -0.39 is 23.8 Å². The van der Waals surface area contributed by atoms with Crippen LogP contribution < -0.4 is 9.05 Å². The maximum Gasteiger partial charge on any atom is 0.587 e. The molecule has 0 radical (unpaired) electrons. The van der Waals surface area contributed by atoms with Gasteiger partial charge < -0.3 is 9.05 Å². The van der Waals surface area contributed by atoms with Gasteiger partial charge in [0.2, 0.25) is 0 Å². The van der Waals surface area contributed by atoms with Crippen molar-refractivity contribution in [2.45, 2.75) is 12.5 Å². The molecule has 0 bridgehead atoms. The summed E-state index contributed by atoms with van der Waals surface area (Å²) in [5.74, 6) is 0.456. The summed E-state index contributed by atoms with van der Waals surface area (Å²) in [5.41, 5.74) is 0. The lowest BCUT2D eigenvalue weighted by Crippen LogP contribution is -2.17. The quantitative estimate of drug-likeness (QED) is 0.727. The van der Waals surface area contributed by atoms with Crippen molar-refractivity contribution in [2.24, 2.45) is 0 Å². The molecule has 2 aromatic carbocycles. The smallest absolute Gasteiger partial charge is 0.395 e. The first-order valence-electron chi connectivity index (χ1n) is 7.42. The molecule has 128 valence electrons. The van der Waals surface area contributed by atoms with Crippen molar-refractivity contribution in [2.75, 3.05) is 11.5 Å². The molecular formula is C16H17O6PS. The van der Waals surface area contributed by atoms with Gasteiger partial charge in [0.05, 0.1) is 17.6 Å². The zero-order valence-electron chi connectivity index (χ0n) is 12.8. The summed E-state index contributed by atoms with van der Waals surface area (Å²) < 4.78 is 52.6. The van der Waals surface area contributed by atoms with Gasteiger partial charge in [0, 0.05) is 0 Å². The Hall–Kier alpha value is -1.82. The fourth-order valence-corrected chi connectivity index (χ4v) is 5.43. The molecule has 1 aliphatic rings. The van der Waals surface area contributed by atoms with Gasteiger partial charge in [0.15, 0.2) is 9.84 Å². The molecule has 0 aliphatic carbocycles. The lowest BCUT2D eigenvalue weighted by atomic mass is 10.3. The molecule has 0 aromatic heterocycles. The molecular weight excluding hydrogens is 351 g/mol. The van der Waals surface area contributed by atoms with Crippen molar-refractivity contribution in [3.05, 3.63) is 60.7 Å². The molecule has 0 N–H and O–H groups in total. The van der Waals surface area contributed by atoms with Crippen molar-refractivity contribution in [1.82, 2.24) is 0 Å². The van der Waals surface area contributed by atoms with Crippen molar-refractivity contribution in [3.8, 4) is 11.5 Å². The summed E-state index contributed by atoms with van der Waals surface area (Å²) in [7, 11) is -7.20. The van der Waals surface area contributed by atoms with E-state index in [4.69, 9.17) is 13.6 Å². The van der Waals surface area contributed by atoms with Crippen molar-refractivity contribution >= 4 is 17.7 Å². The predicted octanol–water partition coefficient (Wildman–Crippen LogP) is 3.46. The minimum absolute atomic E-state index is 0.00827. The summed E-state index contributed by atoms with van der Waals surface area (Å²) >= 11 is 0. The number of phosphoric acid groups is 1. The molecule has 1 fully saturated rings. The van der Waals surface area contributed by atoms with Gasteiger partial charge >= 0.3 is 7.82 Å². The normalized spacial score (nSPS) is 19.8. The molecule has 0 unspecified atom stereocenters. The number of hydrogen-bond acceptors (Lipinski definition) is 6. The SMILES string of the molecule is O=P(Oc1ccccc1)(Oc1ccccc1)O[C@H]1CCS(=O)(=O)C1. The van der Waals surface area contributed by atoms with Crippen LogP contribution in [0.1, 0.15) is 6.42 Å². The van der Waals surface area contributed by atoms with Gasteiger partial charge in [-0.2, -0.15) is 0 Å². The van der Waals surface area contributed by atoms with Crippen molar-refractivity contribution < 1.29 is 26.6 Å². The second kappa shape index (κ2) is 6.97. The minimum atomic E-state index is -4.03. The average molecular weight is 368 g/mol. The maximum atomic E-state index is 13.1. The molecule has 0 spiro atoms. The van der Waals surface area contributed by atoms with Gasteiger partial charge in [-0.1, -0.05) is 36.4 Å². The monoisotopic (exact) mass is 368 g/mol. The molecule has 1 heterocycles. The van der Waals surface area contributed by atoms with Crippen LogP contribution in [-0.2, 0) is 18.9 Å². The van der Waals surface area contributed by atoms with Crippen LogP contribution in [0.2, 0.25) is 0 Å². The first-order valence-corrected chi connectivity index (χ1v) is 10.7. The Morgan fingerprint density at radius 1 is 0.875 bits per heavy atom. The first kappa shape index (κ1) is 17.0. The Labute approximate surface area is 140 Å². The molecule has 24 heavy (non-hydrogen) atoms. The molecule has 8 heteroatoms. The van der Waals surface area contributed by atoms with Gasteiger partial charge in [-0.3, -0.25) is 4.52 Å². The number of para-hydroxylation sites is 2. The van der Waals surface area contributed by atoms with Crippen LogP contribution in [0.25, 0.3) is 0 Å². The van der Waals surface area contributed by atoms with Crippen LogP contribution in [0.4, 0.5) is 0 Å². The van der Waals surface area contributed by atoms with Crippen molar-refractivity contribution in [1.29, 1.82) is 0 Å². The molecule has 1 saturated heterocycles. The van der Waals surface area contributed by atoms with E-state index in [2.05, 4.69) is 0 Å². The largest absolute Gasteiger partial charge is 0.587 e. The fraction of sp³-hybridized carbons (Fsp3) is 0.250. The van der Waals surface area contributed by atoms with Gasteiger partial charge in [0.25, 0.3) is 0 Å². The first-order chi connectivity index (χ1) is 11.4. The van der Waals surface area contributed by atoms with Crippen LogP contribution in [0, 0.1) is 0 Å². The Morgan fingerprint density at radius 3 is 1.79 bits per heavy atom. The lowest BCUT2D eigenvalue weighted by molar-refractivity contribution is 0.159. The summed E-state index contributed by atoms with van der Waals surface area (Å²) in [6.07, 6.45) is -0.448. The lowest BCUT2D eigenvalue weighted by Gasteiger charge is -2.21. The van der Waals surface area contributed by atoms with Gasteiger partial charge in [0.1, 0.15) is 11.5 Å². The molecule has 1 atom stereocenters. The third-order valence-corrected chi connectivity index (χ3v) is 6.55. The van der Waals surface area contributed by atoms with Gasteiger partial charge in [-0.15, -0.1) is 0 Å². The van der Waals surface area contributed by atoms with E-state index in [0.29, 0.717) is 11.5 Å². The third kappa shape index (κ3) is 4.60. The molecule has 6 nitrogen and oxygen atoms in total. The average Bonchev–Trinajstić information content (AvgIpc) is 2.87. The van der Waals surface area contributed by atoms with E-state index in [0.717, 1.165) is 0 Å². The van der Waals surface area contributed by atoms with E-state index >= 15 is 0 Å². The molecule has 0 amide bonds. The standard InChI is InChI=1S/C16H17O6PS/c17-23(20-14-7-3-1-4-8-14,21-15-9-5-2-6-10-15)22-16-11-12-24(18,19)13-16/h1-10,16H,11-13H2/t16-/m0/s1. The second-order valence-electron chi connectivity index (χ2n) is 5.39. The predicted molar refractivity (Wildman–Crippen MR) is 89.9 cm³/mol. The maximum absolute atomic E-state index is 13.1. The Balaban J connectivity index is 1.81. The Kier molecular flexibility index (Phi) is 4.94. The van der Waals surface area contributed by atoms with Gasteiger partial charge in [-0.25, -0.2) is 13.0 Å². The van der Waals surface area contributed by atoms with Crippen LogP contribution in [-0.4, -0.2) is 26.0 Å². The van der Waals surface area contributed by atoms with E-state index in [1.165, 1.54) is 0 Å². The highest BCUT2D eigenvalue weighted by Crippen LogP contribution is 2.51. The highest BCUT2D eigenvalue weighted by atomic mass is 32.2. The van der Waals surface area contributed by atoms with E-state index in [-0.39, 0.29) is 17.9 Å². The summed E-state index contributed by atoms with van der Waals surface area (Å²) in [4.78, 5) is 0. The summed E-state index contributed by atoms with van der Waals surface area (Å²) in [5, 5.41) is 0. The third-order valence-electron chi connectivity index (χ3n) is 3.39. The number of rotatable bonds is 6. The number of sulfone groups is 1. The minimum Gasteiger partial charge on any atom is -0.395 e. The molecule has 3 rings (SSSR count). The number of benzene rings is 2. The highest BCUT2D eigenvalue weighted by Gasteiger charge is 2.39. The Bertz CT molecular complexity index is 777. The number of phosphoric ester groups is 1. The summed E-state index contributed by atoms with van der Waals surface area (Å²) in [6, 6.07) is 17.0. The fourth-order valence-electron chi connectivity index (χ4n) is 2.31. The van der Waals surface area contributed by atoms with Crippen LogP contribution in [0.15, 0.2) is 60.7 Å². The van der Waals surface area contributed by atoms with E-state index in [1.54, 1.807) is 60.7 Å². The molecule has 2 aromatic rings. The van der Waals surface area contributed by atoms with Crippen molar-refractivity contribution in [3.63, 3.8) is 0 Å². The zero-order valence-corrected chi connectivity index (χ0v) is 14.5. The van der Waals surface area contributed by atoms with Crippen LogP contribution >= 0.6 is 7.82 Å². The molecule has 0 saturated carbocycles. The van der Waals surface area contributed by atoms with Crippen LogP contribution in [0.5, 0.6) is 11.5 Å². The molecule has 1 aliphatic heterocycles. The Morgan fingerprint density at radius 2 is 1.38 bits per heavy atom. The zero-order chi connectivity index (χ0) is 17.0. The van der Waals surface area contributed by atoms with Crippen LogP contribution in [0.3, 0.4) is 0 Å². The highest BCUT2D eigenvalue weighted by molar-refractivity contribution is 7.91. The topological polar surface area (TPSA) is 78.9 Å². The van der Waals surface area contributed by atoms with E-state index in [9.17, 15) is 13.0 Å². The van der Waals surface area contributed by atoms with Gasteiger partial charge in [-0.05, 0) is 30.7 Å². The van der Waals surface area contributed by atoms with E-state index in [1.807, 2.05) is 0 Å². The summed E-state index contributed by atoms with van der Waals surface area (Å²) in [6.45, 7) is 0. The second-order valence-corrected chi connectivity index (χ2v) is 9.09.